The zero-order valence-corrected chi connectivity index (χ0v) is 11.2. The average molecular weight is 247 g/mol. The van der Waals surface area contributed by atoms with E-state index >= 15 is 0 Å². The molecule has 0 saturated heterocycles. The Kier molecular flexibility index (Phi) is 3.68. The van der Waals surface area contributed by atoms with Crippen LogP contribution in [0.3, 0.4) is 0 Å². The molecule has 0 aliphatic carbocycles. The van der Waals surface area contributed by atoms with Gasteiger partial charge in [-0.3, -0.25) is 5.10 Å². The Hall–Kier alpha value is -1.39. The molecule has 1 aromatic carbocycles. The van der Waals surface area contributed by atoms with Crippen molar-refractivity contribution in [2.75, 3.05) is 13.1 Å². The van der Waals surface area contributed by atoms with E-state index in [9.17, 15) is 5.11 Å². The number of aromatic nitrogens is 2. The van der Waals surface area contributed by atoms with Crippen molar-refractivity contribution in [1.82, 2.24) is 15.5 Å². The third-order valence-electron chi connectivity index (χ3n) is 2.87. The number of hydrogen-bond acceptors (Lipinski definition) is 3. The van der Waals surface area contributed by atoms with Crippen LogP contribution < -0.4 is 5.32 Å². The minimum atomic E-state index is -0.506. The number of H-pyrrole nitrogens is 1. The van der Waals surface area contributed by atoms with Gasteiger partial charge in [-0.05, 0) is 17.0 Å². The molecular weight excluding hydrogens is 226 g/mol. The van der Waals surface area contributed by atoms with Gasteiger partial charge in [0.15, 0.2) is 0 Å². The molecule has 0 radical (unpaired) electrons. The summed E-state index contributed by atoms with van der Waals surface area (Å²) >= 11 is 0. The van der Waals surface area contributed by atoms with Crippen LogP contribution in [0.5, 0.6) is 0 Å². The van der Waals surface area contributed by atoms with Gasteiger partial charge in [0.25, 0.3) is 0 Å². The highest BCUT2D eigenvalue weighted by molar-refractivity contribution is 5.81. The second kappa shape index (κ2) is 5.08. The predicted molar refractivity (Wildman–Crippen MR) is 73.4 cm³/mol. The smallest absolute Gasteiger partial charge is 0.0921 e. The summed E-state index contributed by atoms with van der Waals surface area (Å²) in [6.07, 6.45) is 1.26. The molecule has 1 atom stereocenters. The molecule has 2 rings (SSSR count). The summed E-state index contributed by atoms with van der Waals surface area (Å²) in [6.45, 7) is 7.95. The summed E-state index contributed by atoms with van der Waals surface area (Å²) in [5.41, 5.74) is 2.10. The number of nitrogens with zero attached hydrogens (tertiary/aromatic N) is 1. The number of aromatic amines is 1. The van der Waals surface area contributed by atoms with Crippen LogP contribution in [-0.2, 0) is 0 Å². The second-order valence-electron chi connectivity index (χ2n) is 5.89. The first-order chi connectivity index (χ1) is 8.47. The number of rotatable bonds is 4. The molecule has 4 nitrogen and oxygen atoms in total. The van der Waals surface area contributed by atoms with Crippen molar-refractivity contribution in [1.29, 1.82) is 0 Å². The molecule has 98 valence electrons. The Bertz CT molecular complexity index is 513. The van der Waals surface area contributed by atoms with E-state index in [4.69, 9.17) is 0 Å². The summed E-state index contributed by atoms with van der Waals surface area (Å²) < 4.78 is 0. The maximum Gasteiger partial charge on any atom is 0.0921 e. The molecule has 0 fully saturated rings. The fourth-order valence-electron chi connectivity index (χ4n) is 1.98. The molecule has 3 N–H and O–H groups in total. The lowest BCUT2D eigenvalue weighted by atomic mass is 9.96. The minimum Gasteiger partial charge on any atom is -0.387 e. The van der Waals surface area contributed by atoms with E-state index in [0.717, 1.165) is 23.0 Å². The highest BCUT2D eigenvalue weighted by Gasteiger charge is 2.14. The normalized spacial score (nSPS) is 14.0. The van der Waals surface area contributed by atoms with Crippen molar-refractivity contribution in [2.24, 2.45) is 5.41 Å². The molecular formula is C14H21N3O. The monoisotopic (exact) mass is 247 g/mol. The van der Waals surface area contributed by atoms with Crippen LogP contribution in [0.15, 0.2) is 24.4 Å². The van der Waals surface area contributed by atoms with Gasteiger partial charge < -0.3 is 10.4 Å². The highest BCUT2D eigenvalue weighted by atomic mass is 16.3. The highest BCUT2D eigenvalue weighted by Crippen LogP contribution is 2.22. The number of benzene rings is 1. The summed E-state index contributed by atoms with van der Waals surface area (Å²) in [7, 11) is 0. The Balaban J connectivity index is 2.05. The molecule has 0 unspecified atom stereocenters. The Labute approximate surface area is 107 Å². The van der Waals surface area contributed by atoms with E-state index < -0.39 is 6.10 Å². The fraction of sp³-hybridized carbons (Fsp3) is 0.500. The molecule has 1 aromatic heterocycles. The Morgan fingerprint density at radius 2 is 2.17 bits per heavy atom. The number of nitrogens with one attached hydrogen (secondary N) is 2. The maximum absolute atomic E-state index is 10.2. The van der Waals surface area contributed by atoms with Crippen LogP contribution in [0.25, 0.3) is 10.9 Å². The van der Waals surface area contributed by atoms with E-state index in [0.29, 0.717) is 6.54 Å². The third-order valence-corrected chi connectivity index (χ3v) is 2.87. The van der Waals surface area contributed by atoms with Crippen LogP contribution in [0, 0.1) is 5.41 Å². The average Bonchev–Trinajstić information content (AvgIpc) is 2.74. The van der Waals surface area contributed by atoms with E-state index in [2.05, 4.69) is 36.3 Å². The number of fused-ring (bicyclic) bond motifs is 1. The fourth-order valence-corrected chi connectivity index (χ4v) is 1.98. The van der Waals surface area contributed by atoms with Gasteiger partial charge in [-0.25, -0.2) is 0 Å². The van der Waals surface area contributed by atoms with Gasteiger partial charge in [-0.15, -0.1) is 0 Å². The molecule has 18 heavy (non-hydrogen) atoms. The molecule has 0 aliphatic heterocycles. The van der Waals surface area contributed by atoms with E-state index in [-0.39, 0.29) is 5.41 Å². The van der Waals surface area contributed by atoms with Gasteiger partial charge in [-0.2, -0.15) is 5.10 Å². The van der Waals surface area contributed by atoms with Gasteiger partial charge in [0.1, 0.15) is 0 Å². The SMILES string of the molecule is CC(C)(C)CNC[C@H](O)c1cccc2[nH]ncc12. The minimum absolute atomic E-state index is 0.224. The quantitative estimate of drug-likeness (QED) is 0.776. The van der Waals surface area contributed by atoms with Crippen LogP contribution in [0.2, 0.25) is 0 Å². The zero-order chi connectivity index (χ0) is 13.2. The summed E-state index contributed by atoms with van der Waals surface area (Å²) in [5, 5.41) is 21.4. The first-order valence-electron chi connectivity index (χ1n) is 6.28. The molecule has 4 heteroatoms. The predicted octanol–water partition coefficient (Wildman–Crippen LogP) is 2.23. The first-order valence-corrected chi connectivity index (χ1v) is 6.28. The lowest BCUT2D eigenvalue weighted by Crippen LogP contribution is -2.30. The third kappa shape index (κ3) is 3.09. The summed E-state index contributed by atoms with van der Waals surface area (Å²) in [4.78, 5) is 0. The first kappa shape index (κ1) is 13.1. The number of aliphatic hydroxyl groups is 1. The van der Waals surface area contributed by atoms with Crippen molar-refractivity contribution in [3.8, 4) is 0 Å². The molecule has 1 heterocycles. The van der Waals surface area contributed by atoms with Gasteiger partial charge in [0.2, 0.25) is 0 Å². The van der Waals surface area contributed by atoms with Crippen molar-refractivity contribution in [2.45, 2.75) is 26.9 Å². The van der Waals surface area contributed by atoms with Crippen LogP contribution in [-0.4, -0.2) is 28.4 Å². The lowest BCUT2D eigenvalue weighted by molar-refractivity contribution is 0.171. The summed E-state index contributed by atoms with van der Waals surface area (Å²) in [5.74, 6) is 0. The van der Waals surface area contributed by atoms with Crippen molar-refractivity contribution < 1.29 is 5.11 Å². The molecule has 2 aromatic rings. The number of hydrogen-bond donors (Lipinski definition) is 3. The second-order valence-corrected chi connectivity index (χ2v) is 5.89. The van der Waals surface area contributed by atoms with Gasteiger partial charge in [0, 0.05) is 18.5 Å². The Morgan fingerprint density at radius 3 is 2.89 bits per heavy atom. The number of aliphatic hydroxyl groups excluding tert-OH is 1. The summed E-state index contributed by atoms with van der Waals surface area (Å²) in [6, 6.07) is 5.84. The van der Waals surface area contributed by atoms with Gasteiger partial charge >= 0.3 is 0 Å². The molecule has 0 aliphatic rings. The van der Waals surface area contributed by atoms with Crippen molar-refractivity contribution in [3.05, 3.63) is 30.0 Å². The van der Waals surface area contributed by atoms with E-state index in [1.54, 1.807) is 6.20 Å². The maximum atomic E-state index is 10.2. The molecule has 0 amide bonds. The zero-order valence-electron chi connectivity index (χ0n) is 11.2. The molecule has 0 saturated carbocycles. The molecule has 0 bridgehead atoms. The van der Waals surface area contributed by atoms with E-state index in [1.165, 1.54) is 0 Å². The van der Waals surface area contributed by atoms with E-state index in [1.807, 2.05) is 18.2 Å². The van der Waals surface area contributed by atoms with Crippen molar-refractivity contribution >= 4 is 10.9 Å². The topological polar surface area (TPSA) is 60.9 Å². The molecule has 0 spiro atoms. The van der Waals surface area contributed by atoms with Crippen LogP contribution in [0.4, 0.5) is 0 Å². The van der Waals surface area contributed by atoms with Gasteiger partial charge in [0.05, 0.1) is 17.8 Å². The van der Waals surface area contributed by atoms with Crippen LogP contribution in [0.1, 0.15) is 32.4 Å². The van der Waals surface area contributed by atoms with Crippen LogP contribution >= 0.6 is 0 Å². The van der Waals surface area contributed by atoms with Gasteiger partial charge in [-0.1, -0.05) is 32.9 Å². The van der Waals surface area contributed by atoms with Crippen molar-refractivity contribution in [3.63, 3.8) is 0 Å². The largest absolute Gasteiger partial charge is 0.387 e. The lowest BCUT2D eigenvalue weighted by Gasteiger charge is -2.20. The standard InChI is InChI=1S/C14H21N3O/c1-14(2,3)9-15-8-13(18)10-5-4-6-12-11(10)7-16-17-12/h4-7,13,15,18H,8-9H2,1-3H3,(H,16,17)/t13-/m0/s1. The Morgan fingerprint density at radius 1 is 1.39 bits per heavy atom.